The third-order valence-electron chi connectivity index (χ3n) is 1.97. The molecule has 0 spiro atoms. The highest BCUT2D eigenvalue weighted by Crippen LogP contribution is 2.27. The molecule has 0 radical (unpaired) electrons. The van der Waals surface area contributed by atoms with Crippen LogP contribution in [0.1, 0.15) is 0 Å². The molecule has 0 saturated carbocycles. The van der Waals surface area contributed by atoms with Crippen LogP contribution in [-0.4, -0.2) is 11.6 Å². The number of benzene rings is 1. The van der Waals surface area contributed by atoms with E-state index in [1.165, 1.54) is 6.07 Å². The molecule has 4 heteroatoms. The molecule has 1 N–H and O–H groups in total. The van der Waals surface area contributed by atoms with Gasteiger partial charge in [0.05, 0.1) is 5.52 Å². The number of nitrogens with zero attached hydrogens (tertiary/aromatic N) is 1. The van der Waals surface area contributed by atoms with Crippen molar-refractivity contribution in [1.82, 2.24) is 4.98 Å². The summed E-state index contributed by atoms with van der Waals surface area (Å²) in [6.45, 7) is 1.96. The van der Waals surface area contributed by atoms with Crippen LogP contribution in [0.25, 0.3) is 10.9 Å². The molecule has 1 atom stereocenters. The molecule has 14 heavy (non-hydrogen) atoms. The molecule has 0 fully saturated rings. The van der Waals surface area contributed by atoms with Gasteiger partial charge in [-0.25, -0.2) is 4.39 Å². The monoisotopic (exact) mass is 208 g/mol. The lowest BCUT2D eigenvalue weighted by Gasteiger charge is -2.07. The van der Waals surface area contributed by atoms with Crippen molar-refractivity contribution in [3.8, 4) is 0 Å². The second-order valence-electron chi connectivity index (χ2n) is 2.87. The van der Waals surface area contributed by atoms with Crippen LogP contribution in [0.2, 0.25) is 0 Å². The number of pyridine rings is 1. The van der Waals surface area contributed by atoms with E-state index in [-0.39, 0.29) is 5.82 Å². The SMILES string of the molecule is CPNc1c(F)ccc2cccnc12. The Morgan fingerprint density at radius 3 is 3.00 bits per heavy atom. The lowest BCUT2D eigenvalue weighted by Crippen LogP contribution is -1.91. The molecule has 0 amide bonds. The summed E-state index contributed by atoms with van der Waals surface area (Å²) in [5, 5.41) is 3.96. The van der Waals surface area contributed by atoms with Crippen molar-refractivity contribution in [2.75, 3.05) is 11.8 Å². The van der Waals surface area contributed by atoms with E-state index in [2.05, 4.69) is 10.1 Å². The van der Waals surface area contributed by atoms with Gasteiger partial charge >= 0.3 is 0 Å². The first-order valence-corrected chi connectivity index (χ1v) is 5.79. The second-order valence-corrected chi connectivity index (χ2v) is 3.62. The molecule has 72 valence electrons. The number of aromatic nitrogens is 1. The van der Waals surface area contributed by atoms with Crippen LogP contribution >= 0.6 is 8.73 Å². The first-order chi connectivity index (χ1) is 6.83. The molecule has 1 aromatic carbocycles. The normalized spacial score (nSPS) is 11.3. The fourth-order valence-corrected chi connectivity index (χ4v) is 1.85. The molecular weight excluding hydrogens is 198 g/mol. The van der Waals surface area contributed by atoms with Crippen LogP contribution in [0.3, 0.4) is 0 Å². The van der Waals surface area contributed by atoms with E-state index in [0.29, 0.717) is 19.9 Å². The van der Waals surface area contributed by atoms with Gasteiger partial charge in [-0.15, -0.1) is 0 Å². The Balaban J connectivity index is 2.69. The Bertz CT molecular complexity index is 459. The number of anilines is 1. The number of nitrogens with one attached hydrogen (secondary N) is 1. The predicted octanol–water partition coefficient (Wildman–Crippen LogP) is 3.01. The van der Waals surface area contributed by atoms with Gasteiger partial charge in [0, 0.05) is 11.6 Å². The third-order valence-corrected chi connectivity index (χ3v) is 2.47. The van der Waals surface area contributed by atoms with Crippen molar-refractivity contribution >= 4 is 25.3 Å². The number of hydrogen-bond acceptors (Lipinski definition) is 2. The standard InChI is InChI=1S/C10H10FN2P/c1-14-13-10-8(11)5-4-7-3-2-6-12-9(7)10/h2-6,13-14H,1H3. The van der Waals surface area contributed by atoms with E-state index in [1.807, 2.05) is 18.8 Å². The minimum Gasteiger partial charge on any atom is -0.363 e. The second kappa shape index (κ2) is 3.89. The molecule has 1 unspecified atom stereocenters. The van der Waals surface area contributed by atoms with E-state index in [1.54, 1.807) is 12.3 Å². The molecule has 0 aliphatic heterocycles. The molecule has 1 aromatic heterocycles. The van der Waals surface area contributed by atoms with Gasteiger partial charge in [0.1, 0.15) is 11.5 Å². The summed E-state index contributed by atoms with van der Waals surface area (Å²) in [6.07, 6.45) is 1.67. The minimum absolute atomic E-state index is 0.245. The fraction of sp³-hybridized carbons (Fsp3) is 0.100. The maximum absolute atomic E-state index is 13.4. The van der Waals surface area contributed by atoms with Crippen molar-refractivity contribution in [3.63, 3.8) is 0 Å². The Hall–Kier alpha value is -1.21. The number of halogens is 1. The van der Waals surface area contributed by atoms with Crippen molar-refractivity contribution in [1.29, 1.82) is 0 Å². The Labute approximate surface area is 83.4 Å². The lowest BCUT2D eigenvalue weighted by atomic mass is 10.2. The smallest absolute Gasteiger partial charge is 0.148 e. The van der Waals surface area contributed by atoms with E-state index in [9.17, 15) is 4.39 Å². The van der Waals surface area contributed by atoms with Gasteiger partial charge in [-0.3, -0.25) is 4.98 Å². The van der Waals surface area contributed by atoms with Crippen molar-refractivity contribution in [2.45, 2.75) is 0 Å². The highest BCUT2D eigenvalue weighted by Gasteiger charge is 2.06. The molecule has 0 bridgehead atoms. The first-order valence-electron chi connectivity index (χ1n) is 4.29. The van der Waals surface area contributed by atoms with Gasteiger partial charge in [-0.2, -0.15) is 0 Å². The van der Waals surface area contributed by atoms with Crippen molar-refractivity contribution in [2.24, 2.45) is 0 Å². The van der Waals surface area contributed by atoms with E-state index >= 15 is 0 Å². The van der Waals surface area contributed by atoms with Gasteiger partial charge in [0.15, 0.2) is 0 Å². The topological polar surface area (TPSA) is 24.9 Å². The lowest BCUT2D eigenvalue weighted by molar-refractivity contribution is 0.634. The van der Waals surface area contributed by atoms with Crippen LogP contribution in [-0.2, 0) is 0 Å². The Kier molecular flexibility index (Phi) is 2.60. The number of rotatable bonds is 2. The van der Waals surface area contributed by atoms with Crippen LogP contribution in [0.5, 0.6) is 0 Å². The summed E-state index contributed by atoms with van der Waals surface area (Å²) < 4.78 is 13.4. The predicted molar refractivity (Wildman–Crippen MR) is 59.6 cm³/mol. The van der Waals surface area contributed by atoms with Crippen LogP contribution in [0, 0.1) is 5.82 Å². The highest BCUT2D eigenvalue weighted by molar-refractivity contribution is 7.38. The maximum Gasteiger partial charge on any atom is 0.148 e. The van der Waals surface area contributed by atoms with Gasteiger partial charge < -0.3 is 5.09 Å². The largest absolute Gasteiger partial charge is 0.363 e. The summed E-state index contributed by atoms with van der Waals surface area (Å²) in [5.41, 5.74) is 1.20. The first kappa shape index (κ1) is 9.35. The summed E-state index contributed by atoms with van der Waals surface area (Å²) in [5.74, 6) is -0.245. The molecule has 2 nitrogen and oxygen atoms in total. The number of hydrogen-bond donors (Lipinski definition) is 1. The fourth-order valence-electron chi connectivity index (χ4n) is 1.36. The van der Waals surface area contributed by atoms with Crippen LogP contribution in [0.15, 0.2) is 30.5 Å². The van der Waals surface area contributed by atoms with Gasteiger partial charge in [0.25, 0.3) is 0 Å². The molecule has 2 aromatic rings. The quantitative estimate of drug-likeness (QED) is 0.767. The summed E-state index contributed by atoms with van der Waals surface area (Å²) in [7, 11) is 0.465. The summed E-state index contributed by atoms with van der Waals surface area (Å²) in [4.78, 5) is 4.16. The van der Waals surface area contributed by atoms with Crippen LogP contribution < -0.4 is 5.09 Å². The summed E-state index contributed by atoms with van der Waals surface area (Å²) >= 11 is 0. The molecule has 1 heterocycles. The van der Waals surface area contributed by atoms with Gasteiger partial charge in [-0.05, 0) is 33.6 Å². The van der Waals surface area contributed by atoms with Crippen LogP contribution in [0.4, 0.5) is 10.1 Å². The summed E-state index contributed by atoms with van der Waals surface area (Å²) in [6, 6.07) is 6.97. The third kappa shape index (κ3) is 1.55. The van der Waals surface area contributed by atoms with Crippen molar-refractivity contribution < 1.29 is 4.39 Å². The van der Waals surface area contributed by atoms with E-state index in [4.69, 9.17) is 0 Å². The molecular formula is C10H10FN2P. The molecule has 2 rings (SSSR count). The zero-order valence-electron chi connectivity index (χ0n) is 7.71. The van der Waals surface area contributed by atoms with Gasteiger partial charge in [-0.1, -0.05) is 6.07 Å². The minimum atomic E-state index is -0.245. The molecule has 0 aliphatic rings. The Morgan fingerprint density at radius 1 is 1.36 bits per heavy atom. The van der Waals surface area contributed by atoms with E-state index < -0.39 is 0 Å². The Morgan fingerprint density at radius 2 is 2.21 bits per heavy atom. The zero-order valence-corrected chi connectivity index (χ0v) is 8.71. The average Bonchev–Trinajstić information content (AvgIpc) is 2.23. The highest BCUT2D eigenvalue weighted by atomic mass is 31.1. The molecule has 0 aliphatic carbocycles. The van der Waals surface area contributed by atoms with Gasteiger partial charge in [0.2, 0.25) is 0 Å². The molecule has 0 saturated heterocycles. The number of fused-ring (bicyclic) bond motifs is 1. The van der Waals surface area contributed by atoms with E-state index in [0.717, 1.165) is 5.39 Å². The van der Waals surface area contributed by atoms with Crippen molar-refractivity contribution in [3.05, 3.63) is 36.3 Å². The zero-order chi connectivity index (χ0) is 9.97. The average molecular weight is 208 g/mol. The maximum atomic E-state index is 13.4.